The monoisotopic (exact) mass is 492 g/mol. The van der Waals surface area contributed by atoms with E-state index in [4.69, 9.17) is 0 Å². The van der Waals surface area contributed by atoms with Gasteiger partial charge in [-0.25, -0.2) is 19.9 Å². The molecule has 0 atom stereocenters. The number of aromatic nitrogens is 4. The van der Waals surface area contributed by atoms with E-state index in [0.29, 0.717) is 22.5 Å². The van der Waals surface area contributed by atoms with Gasteiger partial charge in [0.1, 0.15) is 0 Å². The van der Waals surface area contributed by atoms with Gasteiger partial charge in [-0.1, -0.05) is 0 Å². The fourth-order valence-corrected chi connectivity index (χ4v) is 5.84. The molecule has 8 nitrogen and oxygen atoms in total. The third-order valence-corrected chi connectivity index (χ3v) is 7.99. The fourth-order valence-electron chi connectivity index (χ4n) is 5.02. The van der Waals surface area contributed by atoms with Gasteiger partial charge in [-0.05, 0) is 86.8 Å². The summed E-state index contributed by atoms with van der Waals surface area (Å²) in [5.74, 6) is 2.17. The summed E-state index contributed by atoms with van der Waals surface area (Å²) in [7, 11) is 0. The maximum absolute atomic E-state index is 11.9. The van der Waals surface area contributed by atoms with Gasteiger partial charge in [0, 0.05) is 44.8 Å². The number of nitrogens with zero attached hydrogens (tertiary/aromatic N) is 6. The van der Waals surface area contributed by atoms with E-state index < -0.39 is 0 Å². The minimum absolute atomic E-state index is 0.0150. The predicted molar refractivity (Wildman–Crippen MR) is 138 cm³/mol. The first kappa shape index (κ1) is 23.9. The summed E-state index contributed by atoms with van der Waals surface area (Å²) in [5, 5.41) is -0.0976. The maximum Gasteiger partial charge on any atom is 0.225 e. The summed E-state index contributed by atoms with van der Waals surface area (Å²) >= 11 is 1.01. The summed E-state index contributed by atoms with van der Waals surface area (Å²) in [6.07, 6.45) is 16.9. The molecule has 0 aliphatic carbocycles. The van der Waals surface area contributed by atoms with Crippen LogP contribution in [0.5, 0.6) is 0 Å². The number of allylic oxidation sites excluding steroid dienone is 1. The average molecular weight is 493 g/mol. The molecule has 2 aromatic heterocycles. The fraction of sp³-hybridized carbons (Fsp3) is 0.538. The van der Waals surface area contributed by atoms with E-state index in [-0.39, 0.29) is 17.3 Å². The normalized spacial score (nSPS) is 20.7. The Labute approximate surface area is 210 Å². The van der Waals surface area contributed by atoms with Crippen LogP contribution in [-0.4, -0.2) is 57.0 Å². The molecule has 0 N–H and O–H groups in total. The number of aryl methyl sites for hydroxylation is 1. The zero-order chi connectivity index (χ0) is 24.0. The highest BCUT2D eigenvalue weighted by Gasteiger charge is 2.26. The summed E-state index contributed by atoms with van der Waals surface area (Å²) in [6, 6.07) is 1.78. The first-order valence-corrected chi connectivity index (χ1v) is 13.5. The van der Waals surface area contributed by atoms with E-state index in [1.54, 1.807) is 18.3 Å². The number of hydrogen-bond acceptors (Lipinski definition) is 9. The lowest BCUT2D eigenvalue weighted by Gasteiger charge is -2.32. The van der Waals surface area contributed by atoms with E-state index in [1.165, 1.54) is 31.2 Å². The van der Waals surface area contributed by atoms with Crippen molar-refractivity contribution in [3.8, 4) is 0 Å². The Kier molecular flexibility index (Phi) is 7.71. The molecular formula is C26H32N6O2S. The predicted octanol–water partition coefficient (Wildman–Crippen LogP) is 4.07. The molecule has 35 heavy (non-hydrogen) atoms. The van der Waals surface area contributed by atoms with E-state index in [9.17, 15) is 9.59 Å². The maximum atomic E-state index is 11.9. The van der Waals surface area contributed by atoms with E-state index in [2.05, 4.69) is 29.7 Å². The second-order valence-electron chi connectivity index (χ2n) is 9.63. The van der Waals surface area contributed by atoms with Crippen LogP contribution in [0.25, 0.3) is 6.08 Å². The van der Waals surface area contributed by atoms with Crippen LogP contribution in [0.2, 0.25) is 0 Å². The molecule has 0 saturated carbocycles. The molecule has 0 amide bonds. The topological polar surface area (TPSA) is 92.2 Å². The molecule has 3 aliphatic rings. The standard InChI is InChI=1S/C26H32N6O2S/c33-22-16-24(34)35-23(22)15-21-7-10-27-26(30-21)32-13-8-19(9-14-32)5-4-6-20-17-28-25(29-18-20)31-11-2-1-3-12-31/h7,10,15,17-19H,1-6,8-9,11-14,16H2/b23-15-. The summed E-state index contributed by atoms with van der Waals surface area (Å²) in [4.78, 5) is 46.7. The second kappa shape index (κ2) is 11.3. The van der Waals surface area contributed by atoms with Gasteiger partial charge in [0.25, 0.3) is 0 Å². The summed E-state index contributed by atoms with van der Waals surface area (Å²) in [5.41, 5.74) is 1.90. The van der Waals surface area contributed by atoms with Crippen molar-refractivity contribution in [3.63, 3.8) is 0 Å². The van der Waals surface area contributed by atoms with Gasteiger partial charge in [-0.15, -0.1) is 0 Å². The van der Waals surface area contributed by atoms with Gasteiger partial charge in [-0.2, -0.15) is 0 Å². The minimum Gasteiger partial charge on any atom is -0.341 e. The third kappa shape index (κ3) is 6.25. The molecule has 184 valence electrons. The number of anilines is 2. The van der Waals surface area contributed by atoms with Crippen LogP contribution in [0.4, 0.5) is 11.9 Å². The van der Waals surface area contributed by atoms with Crippen LogP contribution in [0, 0.1) is 5.92 Å². The highest BCUT2D eigenvalue weighted by atomic mass is 32.2. The number of carbonyl (C=O) groups excluding carboxylic acids is 2. The SMILES string of the molecule is O=C1CC(=O)/C(=C/c2ccnc(N3CCC(CCCc4cnc(N5CCCCC5)nc4)CC3)n2)S1. The lowest BCUT2D eigenvalue weighted by molar-refractivity contribution is -0.119. The van der Waals surface area contributed by atoms with Gasteiger partial charge in [0.2, 0.25) is 17.0 Å². The van der Waals surface area contributed by atoms with Crippen LogP contribution >= 0.6 is 11.8 Å². The molecule has 0 unspecified atom stereocenters. The molecule has 9 heteroatoms. The number of rotatable bonds is 7. The Hall–Kier alpha value is -2.81. The lowest BCUT2D eigenvalue weighted by Crippen LogP contribution is -2.35. The van der Waals surface area contributed by atoms with Gasteiger partial charge >= 0.3 is 0 Å². The summed E-state index contributed by atoms with van der Waals surface area (Å²) in [6.45, 7) is 4.02. The van der Waals surface area contributed by atoms with Crippen LogP contribution in [0.3, 0.4) is 0 Å². The number of hydrogen-bond donors (Lipinski definition) is 0. The molecule has 0 radical (unpaired) electrons. The molecule has 0 aromatic carbocycles. The molecule has 0 spiro atoms. The molecular weight excluding hydrogens is 460 g/mol. The number of thioether (sulfide) groups is 1. The van der Waals surface area contributed by atoms with Crippen molar-refractivity contribution in [1.82, 2.24) is 19.9 Å². The van der Waals surface area contributed by atoms with Crippen LogP contribution in [-0.2, 0) is 16.0 Å². The van der Waals surface area contributed by atoms with Crippen molar-refractivity contribution in [2.75, 3.05) is 36.0 Å². The zero-order valence-electron chi connectivity index (χ0n) is 20.1. The lowest BCUT2D eigenvalue weighted by atomic mass is 9.91. The zero-order valence-corrected chi connectivity index (χ0v) is 20.9. The van der Waals surface area contributed by atoms with E-state index in [1.807, 2.05) is 12.4 Å². The Morgan fingerprint density at radius 3 is 2.40 bits per heavy atom. The van der Waals surface area contributed by atoms with Gasteiger partial charge in [-0.3, -0.25) is 9.59 Å². The molecule has 5 rings (SSSR count). The Morgan fingerprint density at radius 2 is 1.69 bits per heavy atom. The Morgan fingerprint density at radius 1 is 0.943 bits per heavy atom. The smallest absolute Gasteiger partial charge is 0.225 e. The quantitative estimate of drug-likeness (QED) is 0.419. The van der Waals surface area contributed by atoms with Crippen molar-refractivity contribution >= 4 is 40.6 Å². The third-order valence-electron chi connectivity index (χ3n) is 7.05. The first-order valence-electron chi connectivity index (χ1n) is 12.7. The molecule has 0 bridgehead atoms. The highest BCUT2D eigenvalue weighted by molar-refractivity contribution is 8.18. The summed E-state index contributed by atoms with van der Waals surface area (Å²) < 4.78 is 0. The molecule has 3 saturated heterocycles. The number of carbonyl (C=O) groups is 2. The average Bonchev–Trinajstić information content (AvgIpc) is 3.21. The molecule has 2 aromatic rings. The largest absolute Gasteiger partial charge is 0.341 e. The van der Waals surface area contributed by atoms with Crippen molar-refractivity contribution in [3.05, 3.63) is 40.8 Å². The van der Waals surface area contributed by atoms with E-state index >= 15 is 0 Å². The number of piperidine rings is 2. The van der Waals surface area contributed by atoms with Crippen LogP contribution < -0.4 is 9.80 Å². The van der Waals surface area contributed by atoms with Gasteiger partial charge in [0.05, 0.1) is 17.0 Å². The van der Waals surface area contributed by atoms with E-state index in [0.717, 1.165) is 69.6 Å². The number of ketones is 1. The Balaban J connectivity index is 1.07. The van der Waals surface area contributed by atoms with Crippen LogP contribution in [0.1, 0.15) is 62.6 Å². The molecule has 5 heterocycles. The van der Waals surface area contributed by atoms with Crippen LogP contribution in [0.15, 0.2) is 29.6 Å². The second-order valence-corrected chi connectivity index (χ2v) is 10.7. The molecule has 3 fully saturated rings. The van der Waals surface area contributed by atoms with Gasteiger partial charge in [0.15, 0.2) is 5.78 Å². The first-order chi connectivity index (χ1) is 17.1. The highest BCUT2D eigenvalue weighted by Crippen LogP contribution is 2.31. The molecule has 3 aliphatic heterocycles. The van der Waals surface area contributed by atoms with Crippen molar-refractivity contribution < 1.29 is 9.59 Å². The van der Waals surface area contributed by atoms with Crippen molar-refractivity contribution in [2.45, 2.75) is 57.8 Å². The number of Topliss-reactive ketones (excluding diaryl/α,β-unsaturated/α-hetero) is 1. The van der Waals surface area contributed by atoms with Gasteiger partial charge < -0.3 is 9.80 Å². The minimum atomic E-state index is -0.120. The Bertz CT molecular complexity index is 1080. The van der Waals surface area contributed by atoms with Crippen molar-refractivity contribution in [1.29, 1.82) is 0 Å². The van der Waals surface area contributed by atoms with Crippen molar-refractivity contribution in [2.24, 2.45) is 5.92 Å².